The van der Waals surface area contributed by atoms with Crippen LogP contribution in [0.15, 0.2) is 6.07 Å². The highest BCUT2D eigenvalue weighted by atomic mass is 16.1. The van der Waals surface area contributed by atoms with E-state index in [4.69, 9.17) is 0 Å². The molecule has 0 aliphatic heterocycles. The highest BCUT2D eigenvalue weighted by Gasteiger charge is 2.16. The zero-order chi connectivity index (χ0) is 14.7. The molecule has 0 saturated heterocycles. The van der Waals surface area contributed by atoms with E-state index in [0.29, 0.717) is 12.2 Å². The van der Waals surface area contributed by atoms with Gasteiger partial charge in [-0.1, -0.05) is 0 Å². The summed E-state index contributed by atoms with van der Waals surface area (Å²) < 4.78 is 1.81. The molecule has 0 atom stereocenters. The number of likely N-dealkylation sites (N-methyl/N-ethyl adjacent to an activating group) is 1. The molecule has 2 aromatic heterocycles. The minimum Gasteiger partial charge on any atom is -0.349 e. The Labute approximate surface area is 117 Å². The van der Waals surface area contributed by atoms with Gasteiger partial charge in [0.05, 0.1) is 11.4 Å². The van der Waals surface area contributed by atoms with Crippen molar-refractivity contribution in [2.75, 3.05) is 20.1 Å². The number of amides is 1. The number of nitrogens with zero attached hydrogens (tertiary/aromatic N) is 3. The van der Waals surface area contributed by atoms with Gasteiger partial charge in [0.2, 0.25) is 0 Å². The molecule has 20 heavy (non-hydrogen) atoms. The van der Waals surface area contributed by atoms with Crippen molar-refractivity contribution in [1.29, 1.82) is 0 Å². The lowest BCUT2D eigenvalue weighted by molar-refractivity contribution is 0.0949. The van der Waals surface area contributed by atoms with Gasteiger partial charge in [0, 0.05) is 31.4 Å². The lowest BCUT2D eigenvalue weighted by Crippen LogP contribution is -2.30. The number of nitrogens with one attached hydrogen (secondary N) is 3. The van der Waals surface area contributed by atoms with Crippen molar-refractivity contribution < 1.29 is 4.79 Å². The van der Waals surface area contributed by atoms with E-state index >= 15 is 0 Å². The lowest BCUT2D eigenvalue weighted by atomic mass is 10.1. The van der Waals surface area contributed by atoms with Gasteiger partial charge >= 0.3 is 0 Å². The number of hydrogen-bond acceptors (Lipinski definition) is 4. The van der Waals surface area contributed by atoms with Gasteiger partial charge < -0.3 is 10.6 Å². The highest BCUT2D eigenvalue weighted by Crippen LogP contribution is 2.24. The Bertz CT molecular complexity index is 612. The third-order valence-electron chi connectivity index (χ3n) is 3.25. The van der Waals surface area contributed by atoms with Gasteiger partial charge in [0.1, 0.15) is 5.69 Å². The average molecular weight is 276 g/mol. The first-order valence-corrected chi connectivity index (χ1v) is 6.53. The summed E-state index contributed by atoms with van der Waals surface area (Å²) in [6.07, 6.45) is 0. The summed E-state index contributed by atoms with van der Waals surface area (Å²) in [5, 5.41) is 17.1. The largest absolute Gasteiger partial charge is 0.349 e. The Balaban J connectivity index is 2.18. The molecule has 0 spiro atoms. The number of aromatic nitrogens is 4. The first-order valence-electron chi connectivity index (χ1n) is 6.53. The maximum absolute atomic E-state index is 11.9. The molecule has 0 aromatic carbocycles. The number of rotatable bonds is 5. The second kappa shape index (κ2) is 5.87. The van der Waals surface area contributed by atoms with Crippen molar-refractivity contribution in [3.63, 3.8) is 0 Å². The molecule has 7 heteroatoms. The Morgan fingerprint density at radius 3 is 2.75 bits per heavy atom. The van der Waals surface area contributed by atoms with Crippen molar-refractivity contribution in [3.05, 3.63) is 23.1 Å². The first kappa shape index (κ1) is 14.3. The van der Waals surface area contributed by atoms with Crippen LogP contribution in [-0.2, 0) is 7.05 Å². The second-order valence-corrected chi connectivity index (χ2v) is 4.70. The van der Waals surface area contributed by atoms with Crippen LogP contribution in [0.3, 0.4) is 0 Å². The maximum atomic E-state index is 11.9. The van der Waals surface area contributed by atoms with E-state index in [1.54, 1.807) is 6.07 Å². The van der Waals surface area contributed by atoms with E-state index in [1.165, 1.54) is 0 Å². The zero-order valence-corrected chi connectivity index (χ0v) is 12.2. The molecule has 0 aliphatic rings. The number of hydrogen-bond donors (Lipinski definition) is 3. The SMILES string of the molecule is CNCCNC(=O)c1cc(-c2c(C)nn(C)c2C)n[nH]1. The lowest BCUT2D eigenvalue weighted by Gasteiger charge is -2.01. The summed E-state index contributed by atoms with van der Waals surface area (Å²) >= 11 is 0. The molecule has 0 bridgehead atoms. The third-order valence-corrected chi connectivity index (χ3v) is 3.25. The Morgan fingerprint density at radius 1 is 1.40 bits per heavy atom. The van der Waals surface area contributed by atoms with Gasteiger partial charge in [-0.3, -0.25) is 14.6 Å². The molecule has 3 N–H and O–H groups in total. The molecule has 2 aromatic rings. The van der Waals surface area contributed by atoms with Crippen LogP contribution < -0.4 is 10.6 Å². The number of aromatic amines is 1. The van der Waals surface area contributed by atoms with E-state index in [1.807, 2.05) is 32.6 Å². The first-order chi connectivity index (χ1) is 9.54. The van der Waals surface area contributed by atoms with Crippen LogP contribution in [0.1, 0.15) is 21.9 Å². The normalized spacial score (nSPS) is 10.8. The summed E-state index contributed by atoms with van der Waals surface area (Å²) in [6.45, 7) is 5.22. The molecule has 2 heterocycles. The fourth-order valence-corrected chi connectivity index (χ4v) is 2.11. The van der Waals surface area contributed by atoms with Crippen LogP contribution in [-0.4, -0.2) is 46.0 Å². The maximum Gasteiger partial charge on any atom is 0.269 e. The summed E-state index contributed by atoms with van der Waals surface area (Å²) in [4.78, 5) is 11.9. The van der Waals surface area contributed by atoms with Gasteiger partial charge in [0.25, 0.3) is 5.91 Å². The molecule has 0 saturated carbocycles. The van der Waals surface area contributed by atoms with Crippen LogP contribution in [0.4, 0.5) is 0 Å². The summed E-state index contributed by atoms with van der Waals surface area (Å²) in [7, 11) is 3.73. The molecular formula is C13H20N6O. The number of H-pyrrole nitrogens is 1. The van der Waals surface area contributed by atoms with Crippen molar-refractivity contribution in [1.82, 2.24) is 30.6 Å². The molecule has 2 rings (SSSR count). The van der Waals surface area contributed by atoms with E-state index < -0.39 is 0 Å². The average Bonchev–Trinajstić information content (AvgIpc) is 2.96. The van der Waals surface area contributed by atoms with Gasteiger partial charge in [-0.15, -0.1) is 0 Å². The molecule has 108 valence electrons. The van der Waals surface area contributed by atoms with Crippen LogP contribution >= 0.6 is 0 Å². The van der Waals surface area contributed by atoms with Crippen LogP contribution in [0, 0.1) is 13.8 Å². The molecule has 1 amide bonds. The van der Waals surface area contributed by atoms with E-state index in [2.05, 4.69) is 25.9 Å². The topological polar surface area (TPSA) is 87.6 Å². The van der Waals surface area contributed by atoms with Crippen LogP contribution in [0.25, 0.3) is 11.3 Å². The van der Waals surface area contributed by atoms with E-state index in [-0.39, 0.29) is 5.91 Å². The zero-order valence-electron chi connectivity index (χ0n) is 12.2. The molecule has 7 nitrogen and oxygen atoms in total. The van der Waals surface area contributed by atoms with Gasteiger partial charge in [-0.2, -0.15) is 10.2 Å². The Morgan fingerprint density at radius 2 is 2.15 bits per heavy atom. The van der Waals surface area contributed by atoms with E-state index in [0.717, 1.165) is 29.2 Å². The predicted octanol–water partition coefficient (Wildman–Crippen LogP) is 0.376. The van der Waals surface area contributed by atoms with Gasteiger partial charge in [-0.25, -0.2) is 0 Å². The minimum absolute atomic E-state index is 0.154. The number of carbonyl (C=O) groups is 1. The van der Waals surface area contributed by atoms with Crippen molar-refractivity contribution in [2.45, 2.75) is 13.8 Å². The molecule has 0 unspecified atom stereocenters. The third kappa shape index (κ3) is 2.72. The second-order valence-electron chi connectivity index (χ2n) is 4.70. The molecule has 0 radical (unpaired) electrons. The van der Waals surface area contributed by atoms with Crippen molar-refractivity contribution in [2.24, 2.45) is 7.05 Å². The fourth-order valence-electron chi connectivity index (χ4n) is 2.11. The quantitative estimate of drug-likeness (QED) is 0.689. The molecule has 0 aliphatic carbocycles. The standard InChI is InChI=1S/C13H20N6O/c1-8-12(9(2)19(4)18-8)10-7-11(17-16-10)13(20)15-6-5-14-3/h7,14H,5-6H2,1-4H3,(H,15,20)(H,16,17). The van der Waals surface area contributed by atoms with Crippen molar-refractivity contribution >= 4 is 5.91 Å². The number of carbonyl (C=O) groups excluding carboxylic acids is 1. The monoisotopic (exact) mass is 276 g/mol. The summed E-state index contributed by atoms with van der Waals surface area (Å²) in [6, 6.07) is 1.76. The fraction of sp³-hybridized carbons (Fsp3) is 0.462. The van der Waals surface area contributed by atoms with Crippen molar-refractivity contribution in [3.8, 4) is 11.3 Å². The number of aryl methyl sites for hydroxylation is 2. The Hall–Kier alpha value is -2.15. The minimum atomic E-state index is -0.154. The van der Waals surface area contributed by atoms with Crippen LogP contribution in [0.5, 0.6) is 0 Å². The summed E-state index contributed by atoms with van der Waals surface area (Å²) in [5.74, 6) is -0.154. The molecular weight excluding hydrogens is 256 g/mol. The van der Waals surface area contributed by atoms with Gasteiger partial charge in [0.15, 0.2) is 0 Å². The van der Waals surface area contributed by atoms with E-state index in [9.17, 15) is 4.79 Å². The summed E-state index contributed by atoms with van der Waals surface area (Å²) in [5.41, 5.74) is 4.10. The highest BCUT2D eigenvalue weighted by molar-refractivity contribution is 5.93. The molecule has 0 fully saturated rings. The van der Waals surface area contributed by atoms with Gasteiger partial charge in [-0.05, 0) is 27.0 Å². The van der Waals surface area contributed by atoms with Crippen LogP contribution in [0.2, 0.25) is 0 Å². The smallest absolute Gasteiger partial charge is 0.269 e. The Kier molecular flexibility index (Phi) is 4.19. The predicted molar refractivity (Wildman–Crippen MR) is 76.5 cm³/mol.